The van der Waals surface area contributed by atoms with Crippen molar-refractivity contribution in [3.05, 3.63) is 70.7 Å². The fourth-order valence-corrected chi connectivity index (χ4v) is 2.60. The van der Waals surface area contributed by atoms with E-state index in [1.807, 2.05) is 36.4 Å². The number of carbonyl (C=O) groups is 1. The maximum atomic E-state index is 12.1. The molecule has 122 valence electrons. The van der Waals surface area contributed by atoms with Crippen LogP contribution in [0.2, 0.25) is 0 Å². The van der Waals surface area contributed by atoms with E-state index in [0.29, 0.717) is 11.2 Å². The molecule has 0 spiro atoms. The summed E-state index contributed by atoms with van der Waals surface area (Å²) in [5.41, 5.74) is 2.70. The predicted molar refractivity (Wildman–Crippen MR) is 93.8 cm³/mol. The molecule has 1 aromatic carbocycles. The summed E-state index contributed by atoms with van der Waals surface area (Å²) < 4.78 is 10.9. The normalized spacial score (nSPS) is 10.4. The zero-order valence-electron chi connectivity index (χ0n) is 13.0. The SMILES string of the molecule is COc1ccc(-c2ncccc2CNC(=O)c2ccc(Br)o2)cc1. The Hall–Kier alpha value is -2.60. The topological polar surface area (TPSA) is 64.4 Å². The molecule has 2 aromatic heterocycles. The molecule has 0 atom stereocenters. The van der Waals surface area contributed by atoms with E-state index in [-0.39, 0.29) is 11.7 Å². The van der Waals surface area contributed by atoms with Crippen LogP contribution in [0.25, 0.3) is 11.3 Å². The number of methoxy groups -OCH3 is 1. The van der Waals surface area contributed by atoms with Crippen LogP contribution in [-0.2, 0) is 6.54 Å². The Bertz CT molecular complexity index is 843. The van der Waals surface area contributed by atoms with Crippen LogP contribution in [-0.4, -0.2) is 18.0 Å². The van der Waals surface area contributed by atoms with E-state index in [1.54, 1.807) is 25.4 Å². The van der Waals surface area contributed by atoms with Gasteiger partial charge >= 0.3 is 0 Å². The lowest BCUT2D eigenvalue weighted by Crippen LogP contribution is -2.22. The summed E-state index contributed by atoms with van der Waals surface area (Å²) in [5.74, 6) is 0.773. The number of aromatic nitrogens is 1. The Balaban J connectivity index is 1.77. The van der Waals surface area contributed by atoms with Crippen molar-refractivity contribution in [1.29, 1.82) is 0 Å². The first kappa shape index (κ1) is 16.3. The van der Waals surface area contributed by atoms with Crippen molar-refractivity contribution in [3.8, 4) is 17.0 Å². The van der Waals surface area contributed by atoms with Gasteiger partial charge in [0.15, 0.2) is 10.4 Å². The minimum atomic E-state index is -0.273. The van der Waals surface area contributed by atoms with E-state index >= 15 is 0 Å². The van der Waals surface area contributed by atoms with Crippen LogP contribution in [0.5, 0.6) is 5.75 Å². The Morgan fingerprint density at radius 3 is 2.67 bits per heavy atom. The van der Waals surface area contributed by atoms with E-state index in [2.05, 4.69) is 26.2 Å². The maximum absolute atomic E-state index is 12.1. The molecular weight excluding hydrogens is 372 g/mol. The number of hydrogen-bond acceptors (Lipinski definition) is 4. The van der Waals surface area contributed by atoms with E-state index in [0.717, 1.165) is 22.6 Å². The second-order valence-electron chi connectivity index (χ2n) is 5.03. The molecule has 1 N–H and O–H groups in total. The number of nitrogens with zero attached hydrogens (tertiary/aromatic N) is 1. The predicted octanol–water partition coefficient (Wildman–Crippen LogP) is 4.04. The van der Waals surface area contributed by atoms with Gasteiger partial charge in [-0.05, 0) is 64.0 Å². The number of carbonyl (C=O) groups excluding carboxylic acids is 1. The second kappa shape index (κ2) is 7.31. The van der Waals surface area contributed by atoms with Gasteiger partial charge < -0.3 is 14.5 Å². The number of benzene rings is 1. The van der Waals surface area contributed by atoms with Gasteiger partial charge in [-0.15, -0.1) is 0 Å². The summed E-state index contributed by atoms with van der Waals surface area (Å²) >= 11 is 3.18. The monoisotopic (exact) mass is 386 g/mol. The van der Waals surface area contributed by atoms with Gasteiger partial charge in [-0.3, -0.25) is 9.78 Å². The largest absolute Gasteiger partial charge is 0.497 e. The van der Waals surface area contributed by atoms with Crippen LogP contribution in [0.1, 0.15) is 16.1 Å². The molecule has 2 heterocycles. The van der Waals surface area contributed by atoms with E-state index in [4.69, 9.17) is 9.15 Å². The summed E-state index contributed by atoms with van der Waals surface area (Å²) in [6.07, 6.45) is 1.73. The van der Waals surface area contributed by atoms with Crippen LogP contribution in [0.4, 0.5) is 0 Å². The molecule has 0 aliphatic heterocycles. The van der Waals surface area contributed by atoms with Crippen LogP contribution >= 0.6 is 15.9 Å². The highest BCUT2D eigenvalue weighted by Crippen LogP contribution is 2.24. The number of pyridine rings is 1. The van der Waals surface area contributed by atoms with Crippen molar-refractivity contribution in [2.24, 2.45) is 0 Å². The van der Waals surface area contributed by atoms with Crippen molar-refractivity contribution in [1.82, 2.24) is 10.3 Å². The minimum absolute atomic E-state index is 0.261. The van der Waals surface area contributed by atoms with Crippen LogP contribution < -0.4 is 10.1 Å². The van der Waals surface area contributed by atoms with Crippen LogP contribution in [0, 0.1) is 0 Å². The van der Waals surface area contributed by atoms with Crippen molar-refractivity contribution in [3.63, 3.8) is 0 Å². The smallest absolute Gasteiger partial charge is 0.287 e. The quantitative estimate of drug-likeness (QED) is 0.718. The van der Waals surface area contributed by atoms with Crippen LogP contribution in [0.15, 0.2) is 63.8 Å². The highest BCUT2D eigenvalue weighted by Gasteiger charge is 2.12. The number of amides is 1. The van der Waals surface area contributed by atoms with Gasteiger partial charge in [0, 0.05) is 18.3 Å². The van der Waals surface area contributed by atoms with Gasteiger partial charge in [0.2, 0.25) is 0 Å². The Kier molecular flexibility index (Phi) is 4.96. The molecule has 0 radical (unpaired) electrons. The molecule has 3 rings (SSSR count). The Labute approximate surface area is 147 Å². The minimum Gasteiger partial charge on any atom is -0.497 e. The standard InChI is InChI=1S/C18H15BrN2O3/c1-23-14-6-4-12(5-7-14)17-13(3-2-10-20-17)11-21-18(22)15-8-9-16(19)24-15/h2-10H,11H2,1H3,(H,21,22). The molecule has 3 aromatic rings. The fourth-order valence-electron chi connectivity index (χ4n) is 2.29. The number of furan rings is 1. The average Bonchev–Trinajstić information content (AvgIpc) is 3.06. The molecule has 0 aliphatic rings. The van der Waals surface area contributed by atoms with Gasteiger partial charge in [0.25, 0.3) is 5.91 Å². The van der Waals surface area contributed by atoms with Gasteiger partial charge in [0.05, 0.1) is 12.8 Å². The maximum Gasteiger partial charge on any atom is 0.287 e. The molecule has 0 saturated heterocycles. The molecule has 0 unspecified atom stereocenters. The van der Waals surface area contributed by atoms with Crippen LogP contribution in [0.3, 0.4) is 0 Å². The van der Waals surface area contributed by atoms with E-state index in [1.165, 1.54) is 0 Å². The van der Waals surface area contributed by atoms with Gasteiger partial charge in [-0.2, -0.15) is 0 Å². The first-order valence-electron chi connectivity index (χ1n) is 7.29. The Morgan fingerprint density at radius 2 is 2.00 bits per heavy atom. The zero-order valence-corrected chi connectivity index (χ0v) is 14.5. The van der Waals surface area contributed by atoms with E-state index < -0.39 is 0 Å². The molecule has 0 aliphatic carbocycles. The summed E-state index contributed by atoms with van der Waals surface area (Å²) in [4.78, 5) is 16.5. The molecule has 1 amide bonds. The first-order chi connectivity index (χ1) is 11.7. The lowest BCUT2D eigenvalue weighted by Gasteiger charge is -2.10. The molecule has 0 bridgehead atoms. The van der Waals surface area contributed by atoms with Crippen molar-refractivity contribution in [2.75, 3.05) is 7.11 Å². The van der Waals surface area contributed by atoms with Crippen molar-refractivity contribution >= 4 is 21.8 Å². The van der Waals surface area contributed by atoms with Gasteiger partial charge in [0.1, 0.15) is 5.75 Å². The second-order valence-corrected chi connectivity index (χ2v) is 5.81. The number of nitrogens with one attached hydrogen (secondary N) is 1. The van der Waals surface area contributed by atoms with Gasteiger partial charge in [-0.1, -0.05) is 6.07 Å². The summed E-state index contributed by atoms with van der Waals surface area (Å²) in [5, 5.41) is 2.84. The average molecular weight is 387 g/mol. The molecule has 5 nitrogen and oxygen atoms in total. The highest BCUT2D eigenvalue weighted by atomic mass is 79.9. The number of hydrogen-bond donors (Lipinski definition) is 1. The van der Waals surface area contributed by atoms with Crippen molar-refractivity contribution in [2.45, 2.75) is 6.54 Å². The molecule has 6 heteroatoms. The molecule has 0 saturated carbocycles. The summed E-state index contributed by atoms with van der Waals surface area (Å²) in [7, 11) is 1.63. The summed E-state index contributed by atoms with van der Waals surface area (Å²) in [6.45, 7) is 0.354. The fraction of sp³-hybridized carbons (Fsp3) is 0.111. The van der Waals surface area contributed by atoms with Crippen molar-refractivity contribution < 1.29 is 13.9 Å². The lowest BCUT2D eigenvalue weighted by atomic mass is 10.1. The lowest BCUT2D eigenvalue weighted by molar-refractivity contribution is 0.0922. The number of halogens is 1. The Morgan fingerprint density at radius 1 is 1.21 bits per heavy atom. The number of ether oxygens (including phenoxy) is 1. The third kappa shape index (κ3) is 3.65. The third-order valence-electron chi connectivity index (χ3n) is 3.49. The number of rotatable bonds is 5. The van der Waals surface area contributed by atoms with E-state index in [9.17, 15) is 4.79 Å². The zero-order chi connectivity index (χ0) is 16.9. The third-order valence-corrected chi connectivity index (χ3v) is 3.92. The molecular formula is C18H15BrN2O3. The first-order valence-corrected chi connectivity index (χ1v) is 8.08. The molecule has 24 heavy (non-hydrogen) atoms. The summed E-state index contributed by atoms with van der Waals surface area (Å²) in [6, 6.07) is 14.7. The molecule has 0 fully saturated rings. The van der Waals surface area contributed by atoms with Gasteiger partial charge in [-0.25, -0.2) is 0 Å². The highest BCUT2D eigenvalue weighted by molar-refractivity contribution is 9.10.